The van der Waals surface area contributed by atoms with E-state index in [1.165, 1.54) is 72.9 Å². The van der Waals surface area contributed by atoms with Crippen LogP contribution in [0, 0.1) is 6.57 Å². The predicted molar refractivity (Wildman–Crippen MR) is 506 cm³/mol. The average Bonchev–Trinajstić information content (AvgIpc) is 1.68. The average molecular weight is 1930 g/mol. The van der Waals surface area contributed by atoms with E-state index in [1.807, 2.05) is 36.4 Å². The van der Waals surface area contributed by atoms with E-state index in [4.69, 9.17) is 33.2 Å². The molecule has 134 heavy (non-hydrogen) atoms. The normalized spacial score (nSPS) is 14.2. The monoisotopic (exact) mass is 1930 g/mol. The molecule has 13 rings (SSSR count). The first-order chi connectivity index (χ1) is 63.8. The van der Waals surface area contributed by atoms with Crippen LogP contribution in [0.2, 0.25) is 0 Å². The number of anilines is 4. The van der Waals surface area contributed by atoms with Gasteiger partial charge in [0.2, 0.25) is 49.8 Å². The molecule has 2 saturated carbocycles. The standard InChI is InChI=1S/C32H39N9O4S2.C26H30N10O2S2.C14H20N2O4.C9H8N2O2.C9H12N2O2.ClH/c1-5-19-9-11-23(33-16-19)14-25(42)36-29-40-38-27(46-29)21-7-6-8-22(13-21)28-39-41-30(47-28)37-26(43)15-24-12-10-20(17-34-24)18-35-31(44)45-32(2,3)4;27-11-15-4-6-19(29-13-15)9-21(37)31-25-35-33-23(39-25)17-2-1-3-18(8-17)24-34-36-26(40-24)32-22(38)10-20-7-5-16(12-28)14-30-20;1-14(2,3)20-13(18)16-9-10-5-6-11(15-8-10)7-12(17)19-4;1-10-8-4-3-7(11-6-8)5-9(12)13-2;1-13-9(12)4-8-3-2-7(5-10)6-11-8;/h9-12,16-17,21-22H,5-8,13-15,18H2,1-4H3,(H,35,44)(H,36,40,42)(H,37,41,43);4-7,13-14,17-18H,1-3,8-12,27-28H2,(H,31,35,37)(H,32,36,38);5-6,8H,7,9H2,1-4H3,(H,16,18);3-4,6H,5H2,2H3;2-3,6H,4-5,10H2,1H3;1H/t21-,22-;17-,18-;;;;/m00..../s1. The van der Waals surface area contributed by atoms with Gasteiger partial charge < -0.3 is 72.8 Å². The number of rotatable bonds is 30. The van der Waals surface area contributed by atoms with Gasteiger partial charge in [-0.1, -0.05) is 114 Å². The summed E-state index contributed by atoms with van der Waals surface area (Å²) in [5.74, 6) is -0.904. The zero-order chi connectivity index (χ0) is 95.8. The number of pyridine rings is 7. The Bertz CT molecular complexity index is 5540. The molecule has 44 heteroatoms. The first-order valence-corrected chi connectivity index (χ1v) is 45.8. The summed E-state index contributed by atoms with van der Waals surface area (Å²) >= 11 is 5.60. The van der Waals surface area contributed by atoms with Gasteiger partial charge in [-0.3, -0.25) is 68.4 Å². The first-order valence-electron chi connectivity index (χ1n) is 42.6. The van der Waals surface area contributed by atoms with Crippen LogP contribution in [0.1, 0.15) is 217 Å². The van der Waals surface area contributed by atoms with Gasteiger partial charge in [-0.05, 0) is 156 Å². The lowest BCUT2D eigenvalue weighted by atomic mass is 9.82. The van der Waals surface area contributed by atoms with Gasteiger partial charge >= 0.3 is 30.1 Å². The summed E-state index contributed by atoms with van der Waals surface area (Å²) in [7, 11) is 4.02. The van der Waals surface area contributed by atoms with Crippen LogP contribution in [0.3, 0.4) is 0 Å². The minimum Gasteiger partial charge on any atom is -0.469 e. The smallest absolute Gasteiger partial charge is 0.407 e. The minimum atomic E-state index is -0.571. The molecule has 0 aromatic carbocycles. The molecule has 0 unspecified atom stereocenters. The number of nitrogens with zero attached hydrogens (tertiary/aromatic N) is 16. The second-order valence-electron chi connectivity index (χ2n) is 32.3. The number of aromatic nitrogens is 15. The number of alkyl carbamates (subject to hydrolysis) is 2. The number of ether oxygens (including phenoxy) is 5. The van der Waals surface area contributed by atoms with Crippen LogP contribution in [-0.4, -0.2) is 162 Å². The van der Waals surface area contributed by atoms with E-state index >= 15 is 0 Å². The fourth-order valence-corrected chi connectivity index (χ4v) is 16.4. The summed E-state index contributed by atoms with van der Waals surface area (Å²) in [6, 6.07) is 25.2. The molecule has 2 aliphatic rings. The van der Waals surface area contributed by atoms with Crippen molar-refractivity contribution in [3.05, 3.63) is 233 Å². The van der Waals surface area contributed by atoms with Crippen molar-refractivity contribution in [2.45, 2.75) is 219 Å². The lowest BCUT2D eigenvalue weighted by molar-refractivity contribution is -0.140. The Labute approximate surface area is 797 Å². The summed E-state index contributed by atoms with van der Waals surface area (Å²) in [6.07, 6.45) is 20.2. The molecule has 39 nitrogen and oxygen atoms in total. The van der Waals surface area contributed by atoms with E-state index in [1.54, 1.807) is 127 Å². The number of carbonyl (C=O) groups is 9. The highest BCUT2D eigenvalue weighted by Crippen LogP contribution is 2.45. The summed E-state index contributed by atoms with van der Waals surface area (Å²) in [4.78, 5) is 139. The second kappa shape index (κ2) is 54.1. The van der Waals surface area contributed by atoms with Crippen LogP contribution in [0.15, 0.2) is 128 Å². The Kier molecular flexibility index (Phi) is 42.8. The Morgan fingerprint density at radius 3 is 0.851 bits per heavy atom. The van der Waals surface area contributed by atoms with Gasteiger partial charge in [-0.15, -0.1) is 53.2 Å². The molecule has 0 spiro atoms. The van der Waals surface area contributed by atoms with E-state index in [9.17, 15) is 43.2 Å². The number of hydrogen-bond donors (Lipinski definition) is 9. The summed E-state index contributed by atoms with van der Waals surface area (Å²) in [6.45, 7) is 21.4. The zero-order valence-corrected chi connectivity index (χ0v) is 80.0. The predicted octanol–water partition coefficient (Wildman–Crippen LogP) is 12.3. The van der Waals surface area contributed by atoms with E-state index in [-0.39, 0.29) is 129 Å². The van der Waals surface area contributed by atoms with Gasteiger partial charge in [0.25, 0.3) is 0 Å². The van der Waals surface area contributed by atoms with Gasteiger partial charge in [0, 0.05) is 128 Å². The fraction of sp³-hybridized carbons (Fsp3) is 0.411. The van der Waals surface area contributed by atoms with Crippen LogP contribution in [0.5, 0.6) is 0 Å². The summed E-state index contributed by atoms with van der Waals surface area (Å²) < 4.78 is 23.9. The van der Waals surface area contributed by atoms with Gasteiger partial charge in [0.05, 0.1) is 84.2 Å². The van der Waals surface area contributed by atoms with E-state index in [2.05, 4.69) is 134 Å². The highest BCUT2D eigenvalue weighted by Gasteiger charge is 2.32. The van der Waals surface area contributed by atoms with Crippen molar-refractivity contribution in [3.8, 4) is 0 Å². The van der Waals surface area contributed by atoms with Crippen LogP contribution < -0.4 is 49.1 Å². The van der Waals surface area contributed by atoms with Gasteiger partial charge in [0.15, 0.2) is 0 Å². The second-order valence-corrected chi connectivity index (χ2v) is 36.3. The lowest BCUT2D eigenvalue weighted by Gasteiger charge is -2.25. The van der Waals surface area contributed by atoms with Crippen molar-refractivity contribution in [1.29, 1.82) is 0 Å². The Morgan fingerprint density at radius 2 is 0.627 bits per heavy atom. The number of methoxy groups -OCH3 is 3. The van der Waals surface area contributed by atoms with E-state index in [0.29, 0.717) is 92.3 Å². The number of nitrogens with two attached hydrogens (primary N) is 3. The third-order valence-electron chi connectivity index (χ3n) is 19.6. The Morgan fingerprint density at radius 1 is 0.373 bits per heavy atom. The van der Waals surface area contributed by atoms with Gasteiger partial charge in [-0.25, -0.2) is 14.4 Å². The molecule has 11 aromatic heterocycles. The van der Waals surface area contributed by atoms with Crippen LogP contribution in [0.4, 0.5) is 35.8 Å². The zero-order valence-electron chi connectivity index (χ0n) is 75.9. The van der Waals surface area contributed by atoms with Crippen molar-refractivity contribution in [1.82, 2.24) is 86.3 Å². The Balaban J connectivity index is 0.000000226. The molecule has 2 fully saturated rings. The van der Waals surface area contributed by atoms with Crippen LogP contribution in [0.25, 0.3) is 4.85 Å². The number of esters is 3. The molecule has 11 heterocycles. The highest BCUT2D eigenvalue weighted by molar-refractivity contribution is 7.16. The third-order valence-corrected chi connectivity index (χ3v) is 23.6. The molecule has 0 saturated heterocycles. The maximum absolute atomic E-state index is 12.7. The molecular formula is C90H110ClN25O14S4. The Hall–Kier alpha value is -13.2. The minimum absolute atomic E-state index is 0. The van der Waals surface area contributed by atoms with Crippen molar-refractivity contribution in [3.63, 3.8) is 0 Å². The molecule has 4 atom stereocenters. The number of amides is 6. The first kappa shape index (κ1) is 106. The number of carbonyl (C=O) groups excluding carboxylic acids is 9. The molecular weight excluding hydrogens is 1820 g/mol. The number of halogens is 1. The lowest BCUT2D eigenvalue weighted by Crippen LogP contribution is -2.32. The van der Waals surface area contributed by atoms with Gasteiger partial charge in [-0.2, -0.15) is 0 Å². The largest absolute Gasteiger partial charge is 0.469 e. The van der Waals surface area contributed by atoms with Crippen molar-refractivity contribution < 1.29 is 66.8 Å². The SMILES string of the molecule is CCc1ccc(CC(=O)Nc2nnc([C@H]3CCC[C@H](c4nnc(NC(=O)Cc5ccc(CNC(=O)OC(C)(C)C)cn5)s4)C3)s2)nc1.COC(=O)Cc1ccc(CN)cn1.COC(=O)Cc1ccc(CNC(=O)OC(C)(C)C)cn1.Cl.NCc1ccc(CC(=O)Nc2nnc([C@H]3CCC[C@H](c4nnc(NC(=O)Cc5ccc(CN)cn5)s4)C3)s2)nc1.[C-]#[N+]c1ccc(CC(=O)OC)nc1. The number of nitrogens with one attached hydrogen (secondary N) is 6. The molecule has 0 aliphatic heterocycles. The molecule has 0 bridgehead atoms. The van der Waals surface area contributed by atoms with Crippen LogP contribution >= 0.6 is 57.8 Å². The molecule has 2 aliphatic carbocycles. The quantitative estimate of drug-likeness (QED) is 0.0115. The third kappa shape index (κ3) is 37.8. The van der Waals surface area contributed by atoms with E-state index in [0.717, 1.165) is 111 Å². The topological polar surface area (TPSA) is 548 Å². The molecule has 710 valence electrons. The summed E-state index contributed by atoms with van der Waals surface area (Å²) in [5, 5.41) is 56.5. The fourth-order valence-electron chi connectivity index (χ4n) is 12.8. The number of aryl methyl sites for hydroxylation is 1. The maximum Gasteiger partial charge on any atom is 0.407 e. The molecule has 11 aromatic rings. The van der Waals surface area contributed by atoms with Crippen molar-refractivity contribution >= 4 is 138 Å². The highest BCUT2D eigenvalue weighted by atomic mass is 35.5. The molecule has 12 N–H and O–H groups in total. The summed E-state index contributed by atoms with van der Waals surface area (Å²) in [5.41, 5.74) is 26.1. The molecule has 6 amide bonds. The van der Waals surface area contributed by atoms with Crippen molar-refractivity contribution in [2.24, 2.45) is 17.2 Å². The van der Waals surface area contributed by atoms with Crippen LogP contribution in [-0.2, 0) is 141 Å². The van der Waals surface area contributed by atoms with Gasteiger partial charge in [0.1, 0.15) is 31.2 Å². The number of hydrogen-bond acceptors (Lipinski definition) is 36. The van der Waals surface area contributed by atoms with Crippen molar-refractivity contribution in [2.75, 3.05) is 42.6 Å². The maximum atomic E-state index is 12.7. The molecule has 0 radical (unpaired) electrons. The van der Waals surface area contributed by atoms with E-state index < -0.39 is 23.4 Å².